The molecule has 3 atom stereocenters. The van der Waals surface area contributed by atoms with E-state index in [1.54, 1.807) is 6.20 Å². The summed E-state index contributed by atoms with van der Waals surface area (Å²) in [5.74, 6) is 1.61. The Balaban J connectivity index is 1.39. The fraction of sp³-hybridized carbons (Fsp3) is 0.560. The minimum absolute atomic E-state index is 0.0623. The van der Waals surface area contributed by atoms with Crippen LogP contribution in [0, 0.1) is 5.92 Å². The minimum atomic E-state index is -3.28. The summed E-state index contributed by atoms with van der Waals surface area (Å²) < 4.78 is 33.3. The van der Waals surface area contributed by atoms with Gasteiger partial charge < -0.3 is 9.64 Å². The summed E-state index contributed by atoms with van der Waals surface area (Å²) in [6.45, 7) is 3.48. The molecule has 1 saturated heterocycles. The zero-order valence-corrected chi connectivity index (χ0v) is 19.9. The molecule has 0 amide bonds. The summed E-state index contributed by atoms with van der Waals surface area (Å²) >= 11 is 0. The number of piperidine rings is 1. The summed E-state index contributed by atoms with van der Waals surface area (Å²) in [4.78, 5) is 6.80. The Morgan fingerprint density at radius 2 is 1.75 bits per heavy atom. The van der Waals surface area contributed by atoms with Crippen molar-refractivity contribution in [2.75, 3.05) is 24.3 Å². The Labute approximate surface area is 192 Å². The van der Waals surface area contributed by atoms with Crippen LogP contribution in [0.1, 0.15) is 50.5 Å². The van der Waals surface area contributed by atoms with Gasteiger partial charge in [-0.1, -0.05) is 36.4 Å². The van der Waals surface area contributed by atoms with Crippen molar-refractivity contribution < 1.29 is 13.2 Å². The number of nitrogens with one attached hydrogen (secondary N) is 1. The minimum Gasteiger partial charge on any atom is -0.378 e. The zero-order valence-electron chi connectivity index (χ0n) is 19.1. The highest BCUT2D eigenvalue weighted by molar-refractivity contribution is 7.88. The van der Waals surface area contributed by atoms with Crippen molar-refractivity contribution in [1.29, 1.82) is 0 Å². The van der Waals surface area contributed by atoms with Gasteiger partial charge in [0.1, 0.15) is 5.82 Å². The Morgan fingerprint density at radius 1 is 1.03 bits per heavy atom. The smallest absolute Gasteiger partial charge is 0.208 e. The first-order chi connectivity index (χ1) is 15.4. The van der Waals surface area contributed by atoms with Crippen LogP contribution >= 0.6 is 0 Å². The number of rotatable bonds is 7. The number of hydrogen-bond donors (Lipinski definition) is 1. The maximum absolute atomic E-state index is 12.0. The molecule has 1 aromatic heterocycles. The number of nitrogens with zero attached hydrogens (tertiary/aromatic N) is 2. The molecule has 6 nitrogen and oxygen atoms in total. The lowest BCUT2D eigenvalue weighted by Crippen LogP contribution is -2.57. The van der Waals surface area contributed by atoms with E-state index in [-0.39, 0.29) is 24.1 Å². The van der Waals surface area contributed by atoms with E-state index in [9.17, 15) is 8.42 Å². The third-order valence-corrected chi connectivity index (χ3v) is 7.82. The summed E-state index contributed by atoms with van der Waals surface area (Å²) in [5, 5.41) is 0. The second-order valence-electron chi connectivity index (χ2n) is 9.29. The molecule has 2 aliphatic rings. The summed E-state index contributed by atoms with van der Waals surface area (Å²) in [7, 11) is -3.28. The number of anilines is 1. The van der Waals surface area contributed by atoms with Crippen LogP contribution in [0.2, 0.25) is 0 Å². The van der Waals surface area contributed by atoms with E-state index in [1.807, 2.05) is 18.2 Å². The largest absolute Gasteiger partial charge is 0.378 e. The van der Waals surface area contributed by atoms with Crippen molar-refractivity contribution in [3.8, 4) is 0 Å². The lowest BCUT2D eigenvalue weighted by atomic mass is 9.82. The van der Waals surface area contributed by atoms with Crippen molar-refractivity contribution in [3.63, 3.8) is 0 Å². The predicted octanol–water partition coefficient (Wildman–Crippen LogP) is 3.96. The van der Waals surface area contributed by atoms with Crippen LogP contribution in [0.5, 0.6) is 0 Å². The van der Waals surface area contributed by atoms with E-state index in [4.69, 9.17) is 4.74 Å². The fourth-order valence-electron chi connectivity index (χ4n) is 5.32. The number of hydrogen-bond acceptors (Lipinski definition) is 5. The predicted molar refractivity (Wildman–Crippen MR) is 128 cm³/mol. The van der Waals surface area contributed by atoms with Crippen LogP contribution < -0.4 is 9.62 Å². The van der Waals surface area contributed by atoms with E-state index in [0.29, 0.717) is 12.5 Å². The average molecular weight is 458 g/mol. The summed E-state index contributed by atoms with van der Waals surface area (Å²) in [6, 6.07) is 16.7. The second-order valence-corrected chi connectivity index (χ2v) is 11.1. The van der Waals surface area contributed by atoms with Crippen LogP contribution in [0.4, 0.5) is 5.82 Å². The summed E-state index contributed by atoms with van der Waals surface area (Å²) in [6.07, 6.45) is 8.41. The van der Waals surface area contributed by atoms with E-state index in [0.717, 1.165) is 44.5 Å². The van der Waals surface area contributed by atoms with Gasteiger partial charge >= 0.3 is 0 Å². The quantitative estimate of drug-likeness (QED) is 0.681. The molecule has 32 heavy (non-hydrogen) atoms. The molecule has 174 valence electrons. The fourth-order valence-corrected chi connectivity index (χ4v) is 6.16. The molecule has 0 unspecified atom stereocenters. The lowest BCUT2D eigenvalue weighted by Gasteiger charge is -2.45. The van der Waals surface area contributed by atoms with Gasteiger partial charge in [0.15, 0.2) is 0 Å². The molecule has 0 radical (unpaired) electrons. The van der Waals surface area contributed by atoms with E-state index >= 15 is 0 Å². The molecule has 1 aliphatic carbocycles. The number of pyridine rings is 1. The van der Waals surface area contributed by atoms with Crippen molar-refractivity contribution in [2.45, 2.75) is 63.1 Å². The number of ether oxygens (including phenoxy) is 1. The molecule has 2 fully saturated rings. The van der Waals surface area contributed by atoms with Crippen LogP contribution in [-0.2, 0) is 14.8 Å². The highest BCUT2D eigenvalue weighted by Gasteiger charge is 2.38. The molecule has 4 rings (SSSR count). The van der Waals surface area contributed by atoms with Gasteiger partial charge in [-0.25, -0.2) is 18.1 Å². The van der Waals surface area contributed by atoms with E-state index in [1.165, 1.54) is 11.8 Å². The third-order valence-electron chi connectivity index (χ3n) is 7.09. The van der Waals surface area contributed by atoms with Crippen molar-refractivity contribution in [3.05, 3.63) is 60.3 Å². The van der Waals surface area contributed by atoms with Gasteiger partial charge in [-0.3, -0.25) is 0 Å². The molecule has 1 aliphatic heterocycles. The Morgan fingerprint density at radius 3 is 2.41 bits per heavy atom. The first kappa shape index (κ1) is 23.2. The highest BCUT2D eigenvalue weighted by Crippen LogP contribution is 2.35. The summed E-state index contributed by atoms with van der Waals surface area (Å²) in [5.41, 5.74) is 1.43. The molecular formula is C25H35N3O3S. The molecule has 2 heterocycles. The molecule has 0 bridgehead atoms. The maximum Gasteiger partial charge on any atom is 0.208 e. The topological polar surface area (TPSA) is 71.5 Å². The first-order valence-corrected chi connectivity index (χ1v) is 13.6. The van der Waals surface area contributed by atoms with Gasteiger partial charge in [0, 0.05) is 30.7 Å². The Kier molecular flexibility index (Phi) is 7.48. The lowest BCUT2D eigenvalue weighted by molar-refractivity contribution is -0.00891. The van der Waals surface area contributed by atoms with Crippen LogP contribution in [0.25, 0.3) is 0 Å². The average Bonchev–Trinajstić information content (AvgIpc) is 2.79. The van der Waals surface area contributed by atoms with E-state index < -0.39 is 10.0 Å². The molecular weight excluding hydrogens is 422 g/mol. The van der Waals surface area contributed by atoms with Gasteiger partial charge in [0.25, 0.3) is 0 Å². The van der Waals surface area contributed by atoms with Gasteiger partial charge in [-0.05, 0) is 62.6 Å². The Bertz CT molecular complexity index is 947. The molecule has 1 aromatic carbocycles. The maximum atomic E-state index is 12.0. The Hall–Kier alpha value is -1.96. The first-order valence-electron chi connectivity index (χ1n) is 11.7. The van der Waals surface area contributed by atoms with E-state index in [2.05, 4.69) is 51.9 Å². The molecule has 0 spiro atoms. The van der Waals surface area contributed by atoms with Crippen molar-refractivity contribution in [2.24, 2.45) is 5.92 Å². The normalized spacial score (nSPS) is 29.1. The van der Waals surface area contributed by atoms with Crippen LogP contribution in [-0.4, -0.2) is 51.0 Å². The van der Waals surface area contributed by atoms with Crippen molar-refractivity contribution >= 4 is 15.8 Å². The van der Waals surface area contributed by atoms with Gasteiger partial charge in [0.2, 0.25) is 10.0 Å². The second kappa shape index (κ2) is 10.3. The number of aromatic nitrogens is 1. The monoisotopic (exact) mass is 457 g/mol. The zero-order chi connectivity index (χ0) is 22.6. The van der Waals surface area contributed by atoms with Gasteiger partial charge in [-0.15, -0.1) is 0 Å². The number of benzene rings is 1. The molecule has 7 heteroatoms. The SMILES string of the molecule is C[C@@H]1[C@@H](COC2CCC(c3ccccc3)CC2)[C@@H](NS(C)(=O)=O)CCN1c1ccccn1. The number of sulfonamides is 1. The van der Waals surface area contributed by atoms with Gasteiger partial charge in [-0.2, -0.15) is 0 Å². The standard InChI is InChI=1S/C25H35N3O3S/c1-19-23(18-31-22-13-11-21(12-14-22)20-8-4-3-5-9-20)24(27-32(2,29)30)15-17-28(19)25-10-6-7-16-26-25/h3-10,16,19,21-24,27H,11-15,17-18H2,1-2H3/t19-,21?,22?,23-,24+/m1/s1. The molecule has 1 saturated carbocycles. The van der Waals surface area contributed by atoms with Crippen molar-refractivity contribution in [1.82, 2.24) is 9.71 Å². The van der Waals surface area contributed by atoms with Crippen LogP contribution in [0.15, 0.2) is 54.7 Å². The van der Waals surface area contributed by atoms with Crippen LogP contribution in [0.3, 0.4) is 0 Å². The molecule has 2 aromatic rings. The van der Waals surface area contributed by atoms with Gasteiger partial charge in [0.05, 0.1) is 19.0 Å². The third kappa shape index (κ3) is 5.88. The highest BCUT2D eigenvalue weighted by atomic mass is 32.2. The molecule has 1 N–H and O–H groups in total.